The fraction of sp³-hybridized carbons (Fsp3) is 0.619. The van der Waals surface area contributed by atoms with Crippen molar-refractivity contribution < 1.29 is 23.4 Å². The lowest BCUT2D eigenvalue weighted by molar-refractivity contribution is -0.165. The summed E-state index contributed by atoms with van der Waals surface area (Å²) in [7, 11) is 0. The Morgan fingerprint density at radius 3 is 3.00 bits per heavy atom. The topological polar surface area (TPSA) is 109 Å². The van der Waals surface area contributed by atoms with E-state index in [1.54, 1.807) is 13.8 Å². The number of ether oxygens (including phenoxy) is 3. The van der Waals surface area contributed by atoms with Crippen molar-refractivity contribution in [2.75, 3.05) is 19.1 Å². The first kappa shape index (κ1) is 22.1. The minimum Gasteiger partial charge on any atom is -0.438 e. The summed E-state index contributed by atoms with van der Waals surface area (Å²) in [6.07, 6.45) is 10.1. The molecule has 9 heteroatoms. The SMILES string of the molecule is C#C[C@@]1(COCOC(=O)C(C)C)CC[C@H](CC2C=Nc3c(N)nc(F)nc3CC2)O1. The number of carbonyl (C=O) groups excluding carboxylic acids is 1. The normalized spacial score (nSPS) is 25.6. The summed E-state index contributed by atoms with van der Waals surface area (Å²) < 4.78 is 30.0. The van der Waals surface area contributed by atoms with Crippen LogP contribution in [-0.4, -0.2) is 47.3 Å². The number of halogens is 1. The fourth-order valence-electron chi connectivity index (χ4n) is 3.62. The second-order valence-electron chi connectivity index (χ2n) is 7.99. The molecule has 8 nitrogen and oxygen atoms in total. The molecule has 1 saturated heterocycles. The number of rotatable bonds is 7. The molecule has 1 aromatic rings. The standard InChI is InChI=1S/C21H27FN4O4/c1-4-21(11-28-12-29-19(27)13(2)3)8-7-15(30-21)9-14-5-6-16-17(24-10-14)18(23)26-20(22)25-16/h1,10,13-15H,5-9,11-12H2,2-3H3,(H2,23,25,26)/t14?,15-,21+/m1/s1. The molecule has 0 spiro atoms. The minimum atomic E-state index is -0.836. The number of nitrogens with two attached hydrogens (primary N) is 1. The van der Waals surface area contributed by atoms with Crippen molar-refractivity contribution in [1.29, 1.82) is 0 Å². The maximum Gasteiger partial charge on any atom is 0.310 e. The van der Waals surface area contributed by atoms with E-state index in [1.807, 2.05) is 6.21 Å². The summed E-state index contributed by atoms with van der Waals surface area (Å²) in [6, 6.07) is 0. The molecule has 0 aromatic carbocycles. The molecule has 3 heterocycles. The Kier molecular flexibility index (Phi) is 7.00. The Bertz CT molecular complexity index is 854. The molecule has 3 atom stereocenters. The second kappa shape index (κ2) is 9.49. The summed E-state index contributed by atoms with van der Waals surface area (Å²) in [4.78, 5) is 23.2. The van der Waals surface area contributed by atoms with Crippen molar-refractivity contribution in [2.45, 2.75) is 57.7 Å². The number of fused-ring (bicyclic) bond motifs is 1. The van der Waals surface area contributed by atoms with Crippen molar-refractivity contribution in [1.82, 2.24) is 9.97 Å². The lowest BCUT2D eigenvalue weighted by atomic mass is 9.95. The molecule has 1 fully saturated rings. The van der Waals surface area contributed by atoms with Crippen LogP contribution in [0.1, 0.15) is 45.2 Å². The average Bonchev–Trinajstić information content (AvgIpc) is 2.99. The van der Waals surface area contributed by atoms with Crippen LogP contribution in [0.4, 0.5) is 15.9 Å². The van der Waals surface area contributed by atoms with Gasteiger partial charge in [0.1, 0.15) is 5.69 Å². The number of carbonyl (C=O) groups is 1. The van der Waals surface area contributed by atoms with Crippen molar-refractivity contribution in [3.8, 4) is 12.3 Å². The monoisotopic (exact) mass is 418 g/mol. The maximum absolute atomic E-state index is 13.4. The van der Waals surface area contributed by atoms with Crippen molar-refractivity contribution in [3.05, 3.63) is 11.8 Å². The molecule has 0 radical (unpaired) electrons. The van der Waals surface area contributed by atoms with E-state index in [9.17, 15) is 9.18 Å². The molecule has 2 N–H and O–H groups in total. The Hall–Kier alpha value is -2.57. The van der Waals surface area contributed by atoms with E-state index in [0.29, 0.717) is 24.2 Å². The zero-order valence-electron chi connectivity index (χ0n) is 17.3. The average molecular weight is 418 g/mol. The lowest BCUT2D eigenvalue weighted by Crippen LogP contribution is -2.34. The molecule has 2 aliphatic heterocycles. The van der Waals surface area contributed by atoms with Gasteiger partial charge < -0.3 is 19.9 Å². The largest absolute Gasteiger partial charge is 0.438 e. The van der Waals surface area contributed by atoms with Crippen LogP contribution in [0.2, 0.25) is 0 Å². The van der Waals surface area contributed by atoms with Crippen LogP contribution in [0.5, 0.6) is 0 Å². The Morgan fingerprint density at radius 2 is 2.27 bits per heavy atom. The van der Waals surface area contributed by atoms with Gasteiger partial charge in [-0.3, -0.25) is 9.79 Å². The highest BCUT2D eigenvalue weighted by atomic mass is 19.1. The minimum absolute atomic E-state index is 0.0492. The third kappa shape index (κ3) is 5.32. The smallest absolute Gasteiger partial charge is 0.310 e. The number of aryl methyl sites for hydroxylation is 1. The van der Waals surface area contributed by atoms with Crippen molar-refractivity contribution in [3.63, 3.8) is 0 Å². The highest BCUT2D eigenvalue weighted by Crippen LogP contribution is 2.35. The van der Waals surface area contributed by atoms with E-state index in [0.717, 1.165) is 19.3 Å². The van der Waals surface area contributed by atoms with Crippen LogP contribution >= 0.6 is 0 Å². The molecule has 0 bridgehead atoms. The number of anilines is 1. The number of aliphatic imine (C=N–C) groups is 1. The van der Waals surface area contributed by atoms with Gasteiger partial charge in [0.15, 0.2) is 18.2 Å². The van der Waals surface area contributed by atoms with Gasteiger partial charge in [0, 0.05) is 6.21 Å². The quantitative estimate of drug-likeness (QED) is 0.238. The third-order valence-corrected chi connectivity index (χ3v) is 5.30. The Morgan fingerprint density at radius 1 is 1.47 bits per heavy atom. The van der Waals surface area contributed by atoms with E-state index in [-0.39, 0.29) is 43.1 Å². The number of hydrogen-bond acceptors (Lipinski definition) is 8. The molecule has 1 unspecified atom stereocenters. The van der Waals surface area contributed by atoms with Crippen LogP contribution in [0.15, 0.2) is 4.99 Å². The third-order valence-electron chi connectivity index (χ3n) is 5.30. The molecule has 0 aliphatic carbocycles. The van der Waals surface area contributed by atoms with Gasteiger partial charge in [0.25, 0.3) is 0 Å². The molecular weight excluding hydrogens is 391 g/mol. The summed E-state index contributed by atoms with van der Waals surface area (Å²) in [5.41, 5.74) is 5.90. The first-order valence-electron chi connectivity index (χ1n) is 10.1. The number of nitrogens with zero attached hydrogens (tertiary/aromatic N) is 3. The van der Waals surface area contributed by atoms with Crippen LogP contribution < -0.4 is 5.73 Å². The molecule has 0 amide bonds. The van der Waals surface area contributed by atoms with Gasteiger partial charge in [-0.05, 0) is 38.0 Å². The molecular formula is C21H27FN4O4. The summed E-state index contributed by atoms with van der Waals surface area (Å²) in [5.74, 6) is 2.33. The number of aromatic nitrogens is 2. The molecule has 0 saturated carbocycles. The molecule has 162 valence electrons. The molecule has 2 aliphatic rings. The van der Waals surface area contributed by atoms with Gasteiger partial charge >= 0.3 is 12.0 Å². The molecule has 30 heavy (non-hydrogen) atoms. The van der Waals surface area contributed by atoms with Crippen LogP contribution in [0.3, 0.4) is 0 Å². The van der Waals surface area contributed by atoms with Crippen LogP contribution in [0, 0.1) is 30.3 Å². The van der Waals surface area contributed by atoms with Crippen LogP contribution in [0.25, 0.3) is 0 Å². The Balaban J connectivity index is 1.51. The zero-order valence-corrected chi connectivity index (χ0v) is 17.3. The van der Waals surface area contributed by atoms with E-state index < -0.39 is 11.7 Å². The highest BCUT2D eigenvalue weighted by Gasteiger charge is 2.40. The molecule has 3 rings (SSSR count). The number of nitrogen functional groups attached to an aromatic ring is 1. The van der Waals surface area contributed by atoms with E-state index >= 15 is 0 Å². The highest BCUT2D eigenvalue weighted by molar-refractivity contribution is 5.73. The maximum atomic E-state index is 13.4. The first-order valence-corrected chi connectivity index (χ1v) is 10.1. The van der Waals surface area contributed by atoms with Gasteiger partial charge in [-0.25, -0.2) is 4.98 Å². The number of esters is 1. The van der Waals surface area contributed by atoms with E-state index in [1.165, 1.54) is 0 Å². The predicted molar refractivity (Wildman–Crippen MR) is 108 cm³/mol. The first-order chi connectivity index (χ1) is 14.3. The lowest BCUT2D eigenvalue weighted by Gasteiger charge is -2.24. The van der Waals surface area contributed by atoms with Crippen LogP contribution in [-0.2, 0) is 25.4 Å². The summed E-state index contributed by atoms with van der Waals surface area (Å²) in [6.45, 7) is 3.51. The predicted octanol–water partition coefficient (Wildman–Crippen LogP) is 2.58. The fourth-order valence-corrected chi connectivity index (χ4v) is 3.62. The summed E-state index contributed by atoms with van der Waals surface area (Å²) in [5, 5.41) is 0. The van der Waals surface area contributed by atoms with Crippen molar-refractivity contribution in [2.24, 2.45) is 16.8 Å². The summed E-state index contributed by atoms with van der Waals surface area (Å²) >= 11 is 0. The van der Waals surface area contributed by atoms with Gasteiger partial charge in [-0.15, -0.1) is 6.42 Å². The number of terminal acetylenes is 1. The van der Waals surface area contributed by atoms with Gasteiger partial charge in [0.05, 0.1) is 24.3 Å². The van der Waals surface area contributed by atoms with Gasteiger partial charge in [-0.1, -0.05) is 19.8 Å². The second-order valence-corrected chi connectivity index (χ2v) is 7.99. The van der Waals surface area contributed by atoms with Gasteiger partial charge in [-0.2, -0.15) is 9.37 Å². The number of hydrogen-bond donors (Lipinski definition) is 1. The van der Waals surface area contributed by atoms with E-state index in [2.05, 4.69) is 20.9 Å². The van der Waals surface area contributed by atoms with Gasteiger partial charge in [0.2, 0.25) is 0 Å². The Labute approximate surface area is 175 Å². The zero-order chi connectivity index (χ0) is 21.7. The molecule has 1 aromatic heterocycles. The van der Waals surface area contributed by atoms with Crippen molar-refractivity contribution >= 4 is 23.7 Å². The van der Waals surface area contributed by atoms with E-state index in [4.69, 9.17) is 26.4 Å².